The van der Waals surface area contributed by atoms with Crippen LogP contribution in [0, 0.1) is 25.2 Å². The van der Waals surface area contributed by atoms with Gasteiger partial charge in [0.25, 0.3) is 0 Å². The largest absolute Gasteiger partial charge is 0.355 e. The van der Waals surface area contributed by atoms with Gasteiger partial charge in [0.05, 0.1) is 22.0 Å². The van der Waals surface area contributed by atoms with E-state index < -0.39 is 15.1 Å². The van der Waals surface area contributed by atoms with Crippen molar-refractivity contribution in [2.24, 2.45) is 0 Å². The normalized spacial score (nSPS) is 15.4. The number of nitriles is 1. The Bertz CT molecular complexity index is 1230. The van der Waals surface area contributed by atoms with Crippen LogP contribution >= 0.6 is 0 Å². The summed E-state index contributed by atoms with van der Waals surface area (Å²) in [4.78, 5) is 11.5. The standard InChI is InChI=1S/C22H22N4O2S/c1-15-9-10-17(13-16(15)2)29(27,28)20(14-23)21-22(26-11-5-6-12-26)25-19-8-4-3-7-18(19)24-21/h3-4,7-10,13,20H,5-6,11-12H2,1-2H3/t20-/m1/s1. The zero-order valence-electron chi connectivity index (χ0n) is 16.5. The molecular formula is C22H22N4O2S. The second kappa shape index (κ2) is 7.45. The Balaban J connectivity index is 1.91. The van der Waals surface area contributed by atoms with Crippen LogP contribution in [-0.2, 0) is 9.84 Å². The zero-order valence-corrected chi connectivity index (χ0v) is 17.3. The fraction of sp³-hybridized carbons (Fsp3) is 0.318. The van der Waals surface area contributed by atoms with E-state index in [4.69, 9.17) is 4.98 Å². The number of nitrogens with zero attached hydrogens (tertiary/aromatic N) is 4. The van der Waals surface area contributed by atoms with Crippen LogP contribution in [0.3, 0.4) is 0 Å². The van der Waals surface area contributed by atoms with Gasteiger partial charge < -0.3 is 4.90 Å². The quantitative estimate of drug-likeness (QED) is 0.653. The summed E-state index contributed by atoms with van der Waals surface area (Å²) in [5.41, 5.74) is 3.36. The fourth-order valence-electron chi connectivity index (χ4n) is 3.65. The molecule has 0 saturated carbocycles. The number of hydrogen-bond acceptors (Lipinski definition) is 6. The van der Waals surface area contributed by atoms with Crippen molar-refractivity contribution >= 4 is 26.7 Å². The maximum atomic E-state index is 13.4. The molecule has 1 saturated heterocycles. The maximum absolute atomic E-state index is 13.4. The minimum Gasteiger partial charge on any atom is -0.355 e. The molecule has 0 N–H and O–H groups in total. The van der Waals surface area contributed by atoms with Crippen LogP contribution in [0.25, 0.3) is 11.0 Å². The van der Waals surface area contributed by atoms with Gasteiger partial charge in [-0.15, -0.1) is 0 Å². The third-order valence-corrected chi connectivity index (χ3v) is 7.33. The van der Waals surface area contributed by atoms with E-state index in [9.17, 15) is 13.7 Å². The molecule has 7 heteroatoms. The molecule has 1 aromatic heterocycles. The molecule has 0 radical (unpaired) electrons. The van der Waals surface area contributed by atoms with Crippen LogP contribution < -0.4 is 4.90 Å². The summed E-state index contributed by atoms with van der Waals surface area (Å²) >= 11 is 0. The van der Waals surface area contributed by atoms with Crippen molar-refractivity contribution in [3.63, 3.8) is 0 Å². The third kappa shape index (κ3) is 3.45. The number of rotatable bonds is 4. The van der Waals surface area contributed by atoms with Crippen molar-refractivity contribution in [3.8, 4) is 6.07 Å². The Labute approximate surface area is 170 Å². The average Bonchev–Trinajstić information content (AvgIpc) is 3.24. The topological polar surface area (TPSA) is 86.9 Å². The number of anilines is 1. The molecule has 0 spiro atoms. The highest BCUT2D eigenvalue weighted by Gasteiger charge is 2.35. The average molecular weight is 407 g/mol. The van der Waals surface area contributed by atoms with Gasteiger partial charge in [0.1, 0.15) is 5.69 Å². The van der Waals surface area contributed by atoms with Gasteiger partial charge in [0, 0.05) is 13.1 Å². The van der Waals surface area contributed by atoms with E-state index in [-0.39, 0.29) is 10.6 Å². The highest BCUT2D eigenvalue weighted by Crippen LogP contribution is 2.35. The van der Waals surface area contributed by atoms with Crippen LogP contribution in [0.4, 0.5) is 5.82 Å². The van der Waals surface area contributed by atoms with Crippen molar-refractivity contribution in [1.29, 1.82) is 5.26 Å². The maximum Gasteiger partial charge on any atom is 0.200 e. The summed E-state index contributed by atoms with van der Waals surface area (Å²) < 4.78 is 26.8. The number of fused-ring (bicyclic) bond motifs is 1. The molecule has 1 atom stereocenters. The molecule has 148 valence electrons. The first-order valence-electron chi connectivity index (χ1n) is 9.64. The lowest BCUT2D eigenvalue weighted by Gasteiger charge is -2.22. The molecule has 1 aliphatic rings. The predicted molar refractivity (Wildman–Crippen MR) is 112 cm³/mol. The van der Waals surface area contributed by atoms with E-state index in [1.165, 1.54) is 0 Å². The summed E-state index contributed by atoms with van der Waals surface area (Å²) in [6, 6.07) is 14.3. The third-order valence-electron chi connectivity index (χ3n) is 5.47. The molecule has 0 amide bonds. The van der Waals surface area contributed by atoms with Gasteiger partial charge in [-0.2, -0.15) is 5.26 Å². The number of sulfone groups is 1. The van der Waals surface area contributed by atoms with Gasteiger partial charge in [-0.25, -0.2) is 18.4 Å². The number of benzene rings is 2. The van der Waals surface area contributed by atoms with Crippen molar-refractivity contribution in [1.82, 2.24) is 9.97 Å². The van der Waals surface area contributed by atoms with E-state index in [0.717, 1.165) is 37.1 Å². The first kappa shape index (κ1) is 19.3. The SMILES string of the molecule is Cc1ccc(S(=O)(=O)[C@H](C#N)c2nc3ccccc3nc2N2CCCC2)cc1C. The van der Waals surface area contributed by atoms with Crippen LogP contribution in [0.2, 0.25) is 0 Å². The first-order chi connectivity index (χ1) is 13.9. The molecule has 0 unspecified atom stereocenters. The predicted octanol–water partition coefficient (Wildman–Crippen LogP) is 3.89. The first-order valence-corrected chi connectivity index (χ1v) is 11.2. The van der Waals surface area contributed by atoms with E-state index in [1.807, 2.05) is 43.0 Å². The van der Waals surface area contributed by atoms with Crippen molar-refractivity contribution < 1.29 is 8.42 Å². The smallest absolute Gasteiger partial charge is 0.200 e. The number of aromatic nitrogens is 2. The highest BCUT2D eigenvalue weighted by molar-refractivity contribution is 7.92. The minimum atomic E-state index is -3.95. The van der Waals surface area contributed by atoms with Crippen molar-refractivity contribution in [3.05, 3.63) is 59.3 Å². The summed E-state index contributed by atoms with van der Waals surface area (Å²) in [5, 5.41) is 8.51. The number of para-hydroxylation sites is 2. The van der Waals surface area contributed by atoms with Crippen LogP contribution in [0.15, 0.2) is 47.4 Å². The molecule has 29 heavy (non-hydrogen) atoms. The van der Waals surface area contributed by atoms with Gasteiger partial charge in [-0.05, 0) is 62.1 Å². The van der Waals surface area contributed by atoms with Crippen LogP contribution in [-0.4, -0.2) is 31.5 Å². The highest BCUT2D eigenvalue weighted by atomic mass is 32.2. The van der Waals surface area contributed by atoms with Gasteiger partial charge in [0.2, 0.25) is 9.84 Å². The van der Waals surface area contributed by atoms with Crippen molar-refractivity contribution in [2.45, 2.75) is 36.8 Å². The van der Waals surface area contributed by atoms with Crippen LogP contribution in [0.1, 0.15) is 34.9 Å². The Morgan fingerprint density at radius 2 is 1.66 bits per heavy atom. The van der Waals surface area contributed by atoms with Gasteiger partial charge in [0.15, 0.2) is 11.1 Å². The molecule has 1 aliphatic heterocycles. The Morgan fingerprint density at radius 1 is 1.00 bits per heavy atom. The molecule has 0 aliphatic carbocycles. The summed E-state index contributed by atoms with van der Waals surface area (Å²) in [5.74, 6) is 0.500. The van der Waals surface area contributed by atoms with Crippen molar-refractivity contribution in [2.75, 3.05) is 18.0 Å². The summed E-state index contributed by atoms with van der Waals surface area (Å²) in [6.07, 6.45) is 2.02. The molecular weight excluding hydrogens is 384 g/mol. The lowest BCUT2D eigenvalue weighted by atomic mass is 10.1. The Hall–Kier alpha value is -2.98. The molecule has 4 rings (SSSR count). The van der Waals surface area contributed by atoms with E-state index in [2.05, 4.69) is 4.98 Å². The Morgan fingerprint density at radius 3 is 2.28 bits per heavy atom. The zero-order chi connectivity index (χ0) is 20.6. The van der Waals surface area contributed by atoms with E-state index >= 15 is 0 Å². The van der Waals surface area contributed by atoms with Gasteiger partial charge in [-0.1, -0.05) is 18.2 Å². The second-order valence-corrected chi connectivity index (χ2v) is 9.45. The molecule has 2 heterocycles. The summed E-state index contributed by atoms with van der Waals surface area (Å²) in [7, 11) is -3.95. The minimum absolute atomic E-state index is 0.134. The molecule has 3 aromatic rings. The lowest BCUT2D eigenvalue weighted by molar-refractivity contribution is 0.590. The Kier molecular flexibility index (Phi) is 4.97. The number of aryl methyl sites for hydroxylation is 2. The summed E-state index contributed by atoms with van der Waals surface area (Å²) in [6.45, 7) is 5.35. The second-order valence-electron chi connectivity index (χ2n) is 7.42. The lowest BCUT2D eigenvalue weighted by Crippen LogP contribution is -2.24. The molecule has 6 nitrogen and oxygen atoms in total. The monoisotopic (exact) mass is 406 g/mol. The molecule has 1 fully saturated rings. The fourth-order valence-corrected chi connectivity index (χ4v) is 5.11. The van der Waals surface area contributed by atoms with E-state index in [0.29, 0.717) is 16.9 Å². The van der Waals surface area contributed by atoms with Gasteiger partial charge >= 0.3 is 0 Å². The van der Waals surface area contributed by atoms with E-state index in [1.54, 1.807) is 24.3 Å². The molecule has 0 bridgehead atoms. The van der Waals surface area contributed by atoms with Crippen LogP contribution in [0.5, 0.6) is 0 Å². The van der Waals surface area contributed by atoms with Gasteiger partial charge in [-0.3, -0.25) is 0 Å². The molecule has 2 aromatic carbocycles. The number of hydrogen-bond donors (Lipinski definition) is 0.